The van der Waals surface area contributed by atoms with Gasteiger partial charge >= 0.3 is 0 Å². The van der Waals surface area contributed by atoms with Crippen LogP contribution in [0.5, 0.6) is 5.75 Å². The minimum absolute atomic E-state index is 0.00160. The summed E-state index contributed by atoms with van der Waals surface area (Å²) in [6.45, 7) is 7.13. The normalized spacial score (nSPS) is 17.3. The SMILES string of the molecule is C=CC(=O)Nc1ccc(O)c(C(=O)N2CCC(S(=O)(=O)NC(C)C)C2)c1. The first kappa shape index (κ1) is 19.9. The van der Waals surface area contributed by atoms with E-state index < -0.39 is 27.1 Å². The van der Waals surface area contributed by atoms with Crippen molar-refractivity contribution in [3.8, 4) is 5.75 Å². The van der Waals surface area contributed by atoms with Gasteiger partial charge in [-0.3, -0.25) is 9.59 Å². The highest BCUT2D eigenvalue weighted by Crippen LogP contribution is 2.26. The van der Waals surface area contributed by atoms with Gasteiger partial charge in [0.25, 0.3) is 5.91 Å². The number of sulfonamides is 1. The average Bonchev–Trinajstić information content (AvgIpc) is 3.05. The molecule has 1 atom stereocenters. The van der Waals surface area contributed by atoms with Crippen molar-refractivity contribution in [2.24, 2.45) is 0 Å². The summed E-state index contributed by atoms with van der Waals surface area (Å²) in [6, 6.07) is 3.89. The Hall–Kier alpha value is -2.39. The summed E-state index contributed by atoms with van der Waals surface area (Å²) in [5.41, 5.74) is 0.336. The Bertz CT molecular complexity index is 820. The predicted octanol–water partition coefficient (Wildman–Crippen LogP) is 1.06. The summed E-state index contributed by atoms with van der Waals surface area (Å²) < 4.78 is 27.1. The van der Waals surface area contributed by atoms with Crippen LogP contribution in [0.2, 0.25) is 0 Å². The summed E-state index contributed by atoms with van der Waals surface area (Å²) in [6.07, 6.45) is 1.41. The summed E-state index contributed by atoms with van der Waals surface area (Å²) in [4.78, 5) is 25.5. The molecule has 9 heteroatoms. The molecular formula is C17H23N3O5S. The number of amides is 2. The van der Waals surface area contributed by atoms with Crippen LogP contribution in [0, 0.1) is 0 Å². The van der Waals surface area contributed by atoms with Crippen LogP contribution < -0.4 is 10.0 Å². The highest BCUT2D eigenvalue weighted by atomic mass is 32.2. The van der Waals surface area contributed by atoms with Crippen LogP contribution in [-0.4, -0.2) is 54.6 Å². The minimum Gasteiger partial charge on any atom is -0.507 e. The molecule has 26 heavy (non-hydrogen) atoms. The maximum atomic E-state index is 12.7. The zero-order valence-corrected chi connectivity index (χ0v) is 15.5. The number of phenolic OH excluding ortho intramolecular Hbond substituents is 1. The lowest BCUT2D eigenvalue weighted by atomic mass is 10.1. The molecule has 1 fully saturated rings. The Morgan fingerprint density at radius 2 is 2.08 bits per heavy atom. The van der Waals surface area contributed by atoms with Gasteiger partial charge in [-0.2, -0.15) is 0 Å². The van der Waals surface area contributed by atoms with Crippen molar-refractivity contribution >= 4 is 27.5 Å². The maximum Gasteiger partial charge on any atom is 0.257 e. The number of hydrogen-bond acceptors (Lipinski definition) is 5. The Morgan fingerprint density at radius 1 is 1.38 bits per heavy atom. The Morgan fingerprint density at radius 3 is 2.69 bits per heavy atom. The number of benzene rings is 1. The van der Waals surface area contributed by atoms with Gasteiger partial charge in [-0.1, -0.05) is 6.58 Å². The number of phenols is 1. The van der Waals surface area contributed by atoms with Gasteiger partial charge in [0.15, 0.2) is 0 Å². The van der Waals surface area contributed by atoms with E-state index in [9.17, 15) is 23.1 Å². The molecule has 142 valence electrons. The number of carbonyl (C=O) groups is 2. The third-order valence-electron chi connectivity index (χ3n) is 3.95. The van der Waals surface area contributed by atoms with Gasteiger partial charge in [-0.05, 0) is 44.5 Å². The Kier molecular flexibility index (Phi) is 6.04. The molecule has 2 amide bonds. The fourth-order valence-corrected chi connectivity index (χ4v) is 4.38. The quantitative estimate of drug-likeness (QED) is 0.503. The summed E-state index contributed by atoms with van der Waals surface area (Å²) in [7, 11) is -3.52. The van der Waals surface area contributed by atoms with E-state index in [4.69, 9.17) is 0 Å². The number of likely N-dealkylation sites (tertiary alicyclic amines) is 1. The Labute approximate surface area is 152 Å². The predicted molar refractivity (Wildman–Crippen MR) is 98.4 cm³/mol. The number of hydrogen-bond donors (Lipinski definition) is 3. The monoisotopic (exact) mass is 381 g/mol. The molecule has 1 heterocycles. The van der Waals surface area contributed by atoms with Crippen molar-refractivity contribution in [2.45, 2.75) is 31.6 Å². The van der Waals surface area contributed by atoms with Crippen LogP contribution in [0.1, 0.15) is 30.6 Å². The zero-order chi connectivity index (χ0) is 19.5. The second-order valence-corrected chi connectivity index (χ2v) is 8.40. The van der Waals surface area contributed by atoms with Crippen molar-refractivity contribution in [3.63, 3.8) is 0 Å². The van der Waals surface area contributed by atoms with Crippen LogP contribution in [0.3, 0.4) is 0 Å². The lowest BCUT2D eigenvalue weighted by Gasteiger charge is -2.19. The van der Waals surface area contributed by atoms with E-state index in [-0.39, 0.29) is 30.4 Å². The van der Waals surface area contributed by atoms with Crippen molar-refractivity contribution in [1.82, 2.24) is 9.62 Å². The van der Waals surface area contributed by atoms with Gasteiger partial charge in [0.05, 0.1) is 10.8 Å². The first-order chi connectivity index (χ1) is 12.1. The maximum absolute atomic E-state index is 12.7. The molecule has 1 unspecified atom stereocenters. The van der Waals surface area contributed by atoms with E-state index in [1.807, 2.05) is 0 Å². The number of aromatic hydroxyl groups is 1. The molecule has 0 aliphatic carbocycles. The molecule has 8 nitrogen and oxygen atoms in total. The van der Waals surface area contributed by atoms with Crippen LogP contribution in [0.15, 0.2) is 30.9 Å². The highest BCUT2D eigenvalue weighted by Gasteiger charge is 2.36. The van der Waals surface area contributed by atoms with Crippen molar-refractivity contribution in [3.05, 3.63) is 36.4 Å². The van der Waals surface area contributed by atoms with E-state index in [2.05, 4.69) is 16.6 Å². The minimum atomic E-state index is -3.52. The highest BCUT2D eigenvalue weighted by molar-refractivity contribution is 7.90. The number of rotatable bonds is 6. The summed E-state index contributed by atoms with van der Waals surface area (Å²) >= 11 is 0. The summed E-state index contributed by atoms with van der Waals surface area (Å²) in [5.74, 6) is -1.17. The number of carbonyl (C=O) groups excluding carboxylic acids is 2. The molecule has 0 aromatic heterocycles. The van der Waals surface area contributed by atoms with Crippen LogP contribution >= 0.6 is 0 Å². The smallest absolute Gasteiger partial charge is 0.257 e. The molecule has 1 aliphatic heterocycles. The number of nitrogens with one attached hydrogen (secondary N) is 2. The molecule has 0 bridgehead atoms. The van der Waals surface area contributed by atoms with Gasteiger partial charge in [-0.15, -0.1) is 0 Å². The second kappa shape index (κ2) is 7.88. The van der Waals surface area contributed by atoms with E-state index in [1.165, 1.54) is 23.1 Å². The first-order valence-electron chi connectivity index (χ1n) is 8.21. The fourth-order valence-electron chi connectivity index (χ4n) is 2.74. The fraction of sp³-hybridized carbons (Fsp3) is 0.412. The van der Waals surface area contributed by atoms with E-state index in [0.717, 1.165) is 6.08 Å². The Balaban J connectivity index is 2.16. The first-order valence-corrected chi connectivity index (χ1v) is 9.75. The van der Waals surface area contributed by atoms with Gasteiger partial charge < -0.3 is 15.3 Å². The van der Waals surface area contributed by atoms with Crippen LogP contribution in [-0.2, 0) is 14.8 Å². The van der Waals surface area contributed by atoms with Gasteiger partial charge in [-0.25, -0.2) is 13.1 Å². The molecular weight excluding hydrogens is 358 g/mol. The largest absolute Gasteiger partial charge is 0.507 e. The molecule has 3 N–H and O–H groups in total. The zero-order valence-electron chi connectivity index (χ0n) is 14.7. The van der Waals surface area contributed by atoms with Gasteiger partial charge in [0.2, 0.25) is 15.9 Å². The third-order valence-corrected chi connectivity index (χ3v) is 6.01. The third kappa shape index (κ3) is 4.61. The molecule has 0 saturated carbocycles. The van der Waals surface area contributed by atoms with Crippen molar-refractivity contribution in [2.75, 3.05) is 18.4 Å². The van der Waals surface area contributed by atoms with E-state index in [0.29, 0.717) is 12.1 Å². The number of nitrogens with zero attached hydrogens (tertiary/aromatic N) is 1. The number of anilines is 1. The van der Waals surface area contributed by atoms with E-state index >= 15 is 0 Å². The molecule has 1 aromatic carbocycles. The van der Waals surface area contributed by atoms with Gasteiger partial charge in [0.1, 0.15) is 5.75 Å². The second-order valence-electron chi connectivity index (χ2n) is 6.40. The van der Waals surface area contributed by atoms with Crippen LogP contribution in [0.25, 0.3) is 0 Å². The molecule has 1 aliphatic rings. The molecule has 1 aromatic rings. The average molecular weight is 381 g/mol. The lowest BCUT2D eigenvalue weighted by Crippen LogP contribution is -2.40. The molecule has 2 rings (SSSR count). The van der Waals surface area contributed by atoms with Crippen LogP contribution in [0.4, 0.5) is 5.69 Å². The van der Waals surface area contributed by atoms with Crippen molar-refractivity contribution < 1.29 is 23.1 Å². The lowest BCUT2D eigenvalue weighted by molar-refractivity contribution is -0.111. The summed E-state index contributed by atoms with van der Waals surface area (Å²) in [5, 5.41) is 11.8. The molecule has 0 spiro atoms. The van der Waals surface area contributed by atoms with Gasteiger partial charge in [0, 0.05) is 24.8 Å². The topological polar surface area (TPSA) is 116 Å². The molecule has 0 radical (unpaired) electrons. The standard InChI is InChI=1S/C17H23N3O5S/c1-4-16(22)18-12-5-6-15(21)14(9-12)17(23)20-8-7-13(10-20)26(24,25)19-11(2)3/h4-6,9,11,13,19,21H,1,7-8,10H2,2-3H3,(H,18,22). The molecule has 1 saturated heterocycles. The van der Waals surface area contributed by atoms with Crippen molar-refractivity contribution in [1.29, 1.82) is 0 Å². The van der Waals surface area contributed by atoms with E-state index in [1.54, 1.807) is 13.8 Å².